The lowest BCUT2D eigenvalue weighted by atomic mass is 9.49. The molecule has 39 heavy (non-hydrogen) atoms. The Bertz CT molecular complexity index is 847. The van der Waals surface area contributed by atoms with E-state index in [-0.39, 0.29) is 6.10 Å². The highest BCUT2D eigenvalue weighted by molar-refractivity contribution is 5.37. The molecule has 0 heterocycles. The van der Waals surface area contributed by atoms with E-state index in [1.807, 2.05) is 0 Å². The van der Waals surface area contributed by atoms with E-state index in [4.69, 9.17) is 4.74 Å². The van der Waals surface area contributed by atoms with Crippen LogP contribution in [0.5, 0.6) is 0 Å². The second kappa shape index (κ2) is 13.6. The smallest absolute Gasteiger partial charge is 0.293 e. The third kappa shape index (κ3) is 6.46. The van der Waals surface area contributed by atoms with Crippen molar-refractivity contribution in [2.75, 3.05) is 0 Å². The highest BCUT2D eigenvalue weighted by Crippen LogP contribution is 2.63. The van der Waals surface area contributed by atoms with Crippen LogP contribution in [-0.2, 0) is 9.53 Å². The number of rotatable bonds is 10. The second-order valence-corrected chi connectivity index (χ2v) is 14.5. The lowest BCUT2D eigenvalue weighted by Crippen LogP contribution is -2.46. The van der Waals surface area contributed by atoms with E-state index in [1.165, 1.54) is 116 Å². The number of ether oxygens (including phenoxy) is 1. The third-order valence-corrected chi connectivity index (χ3v) is 13.0. The first-order valence-electron chi connectivity index (χ1n) is 17.3. The Labute approximate surface area is 240 Å². The topological polar surface area (TPSA) is 26.3 Å². The first-order valence-corrected chi connectivity index (χ1v) is 17.3. The molecule has 0 N–H and O–H groups in total. The van der Waals surface area contributed by atoms with Gasteiger partial charge in [0.15, 0.2) is 0 Å². The van der Waals surface area contributed by atoms with Gasteiger partial charge in [0.2, 0.25) is 0 Å². The molecule has 2 heteroatoms. The summed E-state index contributed by atoms with van der Waals surface area (Å²) >= 11 is 0. The zero-order valence-electron chi connectivity index (χ0n) is 25.4. The molecule has 1 aromatic rings. The summed E-state index contributed by atoms with van der Waals surface area (Å²) in [5, 5.41) is 0. The highest BCUT2D eigenvalue weighted by atomic mass is 16.5. The number of benzene rings is 1. The van der Waals surface area contributed by atoms with Gasteiger partial charge >= 0.3 is 0 Å². The minimum absolute atomic E-state index is 0.144. The fraction of sp³-hybridized carbons (Fsp3) is 0.811. The first kappa shape index (κ1) is 29.2. The van der Waals surface area contributed by atoms with Crippen molar-refractivity contribution in [2.45, 2.75) is 154 Å². The van der Waals surface area contributed by atoms with Gasteiger partial charge in [0.25, 0.3) is 6.47 Å². The van der Waals surface area contributed by atoms with Crippen molar-refractivity contribution in [1.29, 1.82) is 0 Å². The van der Waals surface area contributed by atoms with Crippen molar-refractivity contribution >= 4 is 6.47 Å². The molecule has 0 aliphatic heterocycles. The minimum Gasteiger partial charge on any atom is -0.465 e. The predicted octanol–water partition coefficient (Wildman–Crippen LogP) is 10.6. The molecule has 4 saturated carbocycles. The Morgan fingerprint density at radius 1 is 0.744 bits per heavy atom. The lowest BCUT2D eigenvalue weighted by molar-refractivity contribution is -0.137. The van der Waals surface area contributed by atoms with Gasteiger partial charge in [-0.05, 0) is 117 Å². The average molecular weight is 535 g/mol. The van der Waals surface area contributed by atoms with E-state index in [0.717, 1.165) is 36.5 Å². The third-order valence-electron chi connectivity index (χ3n) is 13.0. The van der Waals surface area contributed by atoms with Crippen LogP contribution < -0.4 is 0 Å². The van der Waals surface area contributed by atoms with E-state index in [9.17, 15) is 4.79 Å². The fourth-order valence-corrected chi connectivity index (χ4v) is 10.5. The maximum Gasteiger partial charge on any atom is 0.293 e. The molecular formula is C37H58O2. The Kier molecular flexibility index (Phi) is 10.2. The van der Waals surface area contributed by atoms with Crippen LogP contribution in [0.2, 0.25) is 0 Å². The van der Waals surface area contributed by atoms with Crippen molar-refractivity contribution in [2.24, 2.45) is 34.5 Å². The van der Waals surface area contributed by atoms with Gasteiger partial charge in [0.05, 0.1) is 0 Å². The molecule has 0 spiro atoms. The molecule has 4 fully saturated rings. The first-order chi connectivity index (χ1) is 19.1. The standard InChI is InChI=1S/C37H58O2/c1-3-29-13-17-32(18-14-29)36(25-21-34(22-26-36)39-28-38)27-35(31-11-7-5-8-12-31)37(23-9-6-10-24-37)33-19-15-30(4-2)16-20-33/h5,7-8,11-12,28-30,32-35H,3-4,6,9-10,13-27H2,1-2H3/t29-,30-,32-,33-,34?,35?,36?. The monoisotopic (exact) mass is 534 g/mol. The van der Waals surface area contributed by atoms with Crippen LogP contribution >= 0.6 is 0 Å². The van der Waals surface area contributed by atoms with Crippen LogP contribution in [0.4, 0.5) is 0 Å². The van der Waals surface area contributed by atoms with E-state index in [2.05, 4.69) is 44.2 Å². The molecule has 2 nitrogen and oxygen atoms in total. The minimum atomic E-state index is 0.144. The molecule has 0 aromatic heterocycles. The van der Waals surface area contributed by atoms with E-state index in [1.54, 1.807) is 5.56 Å². The maximum atomic E-state index is 11.2. The van der Waals surface area contributed by atoms with Gasteiger partial charge in [-0.15, -0.1) is 0 Å². The number of carbonyl (C=O) groups is 1. The zero-order valence-corrected chi connectivity index (χ0v) is 25.4. The van der Waals surface area contributed by atoms with Gasteiger partial charge in [-0.2, -0.15) is 0 Å². The Hall–Kier alpha value is -1.31. The van der Waals surface area contributed by atoms with Crippen LogP contribution in [0.15, 0.2) is 30.3 Å². The average Bonchev–Trinajstić information content (AvgIpc) is 3.02. The van der Waals surface area contributed by atoms with Gasteiger partial charge in [-0.3, -0.25) is 4.79 Å². The summed E-state index contributed by atoms with van der Waals surface area (Å²) in [6.45, 7) is 5.52. The Morgan fingerprint density at radius 2 is 1.31 bits per heavy atom. The van der Waals surface area contributed by atoms with Crippen molar-refractivity contribution in [3.05, 3.63) is 35.9 Å². The van der Waals surface area contributed by atoms with Crippen LogP contribution in [0.1, 0.15) is 154 Å². The Balaban J connectivity index is 1.49. The van der Waals surface area contributed by atoms with Gasteiger partial charge in [0, 0.05) is 0 Å². The Morgan fingerprint density at radius 3 is 1.85 bits per heavy atom. The van der Waals surface area contributed by atoms with Crippen molar-refractivity contribution < 1.29 is 9.53 Å². The molecule has 0 bridgehead atoms. The quantitative estimate of drug-likeness (QED) is 0.279. The maximum absolute atomic E-state index is 11.2. The summed E-state index contributed by atoms with van der Waals surface area (Å²) in [5.41, 5.74) is 2.53. The molecule has 0 saturated heterocycles. The van der Waals surface area contributed by atoms with Crippen molar-refractivity contribution in [3.63, 3.8) is 0 Å². The molecule has 4 aliphatic carbocycles. The summed E-state index contributed by atoms with van der Waals surface area (Å²) in [4.78, 5) is 11.2. The van der Waals surface area contributed by atoms with Crippen LogP contribution in [0, 0.1) is 34.5 Å². The number of carbonyl (C=O) groups excluding carboxylic acids is 1. The normalized spacial score (nSPS) is 36.1. The van der Waals surface area contributed by atoms with Gasteiger partial charge in [-0.1, -0.05) is 102 Å². The van der Waals surface area contributed by atoms with E-state index in [0.29, 0.717) is 23.2 Å². The van der Waals surface area contributed by atoms with E-state index < -0.39 is 0 Å². The van der Waals surface area contributed by atoms with Crippen molar-refractivity contribution in [3.8, 4) is 0 Å². The number of hydrogen-bond acceptors (Lipinski definition) is 2. The van der Waals surface area contributed by atoms with Crippen LogP contribution in [0.3, 0.4) is 0 Å². The molecule has 4 aliphatic rings. The number of hydrogen-bond donors (Lipinski definition) is 0. The molecule has 0 amide bonds. The summed E-state index contributed by atoms with van der Waals surface area (Å²) in [5.74, 6) is 4.32. The molecule has 5 rings (SSSR count). The molecular weight excluding hydrogens is 476 g/mol. The molecule has 1 aromatic carbocycles. The fourth-order valence-electron chi connectivity index (χ4n) is 10.5. The summed E-state index contributed by atoms with van der Waals surface area (Å²) < 4.78 is 5.56. The van der Waals surface area contributed by atoms with Gasteiger partial charge in [-0.25, -0.2) is 0 Å². The van der Waals surface area contributed by atoms with Gasteiger partial charge < -0.3 is 4.74 Å². The molecule has 1 atom stereocenters. The summed E-state index contributed by atoms with van der Waals surface area (Å²) in [6, 6.07) is 11.9. The zero-order chi connectivity index (χ0) is 27.1. The molecule has 218 valence electrons. The summed E-state index contributed by atoms with van der Waals surface area (Å²) in [6.07, 6.45) is 27.7. The SMILES string of the molecule is CC[C@H]1CC[C@H](C2(CC(c3ccccc3)C3([C@H]4CC[C@H](CC)CC4)CCCCC3)CCC(OC=O)CC2)CC1. The van der Waals surface area contributed by atoms with E-state index >= 15 is 0 Å². The van der Waals surface area contributed by atoms with Crippen LogP contribution in [-0.4, -0.2) is 12.6 Å². The van der Waals surface area contributed by atoms with Gasteiger partial charge in [0.1, 0.15) is 6.10 Å². The van der Waals surface area contributed by atoms with Crippen LogP contribution in [0.25, 0.3) is 0 Å². The highest BCUT2D eigenvalue weighted by Gasteiger charge is 2.52. The van der Waals surface area contributed by atoms with Crippen molar-refractivity contribution in [1.82, 2.24) is 0 Å². The predicted molar refractivity (Wildman–Crippen MR) is 163 cm³/mol. The second-order valence-electron chi connectivity index (χ2n) is 14.5. The molecule has 0 radical (unpaired) electrons. The molecule has 1 unspecified atom stereocenters. The largest absolute Gasteiger partial charge is 0.465 e. The summed E-state index contributed by atoms with van der Waals surface area (Å²) in [7, 11) is 0. The lowest BCUT2D eigenvalue weighted by Gasteiger charge is -2.56.